The van der Waals surface area contributed by atoms with Crippen LogP contribution >= 0.6 is 0 Å². The average molecular weight is 231 g/mol. The Hall–Kier alpha value is -1.72. The maximum absolute atomic E-state index is 12.5. The number of hydrogen-bond acceptors (Lipinski definition) is 4. The van der Waals surface area contributed by atoms with Crippen molar-refractivity contribution in [3.05, 3.63) is 23.0 Å². The molecular formula is C10H11F2NO3. The number of aromatic hydroxyl groups is 1. The maximum atomic E-state index is 12.5. The first-order chi connectivity index (χ1) is 7.45. The number of halogens is 2. The Morgan fingerprint density at radius 1 is 1.62 bits per heavy atom. The Balaban J connectivity index is 3.14. The van der Waals surface area contributed by atoms with Crippen LogP contribution in [0.1, 0.15) is 23.4 Å². The van der Waals surface area contributed by atoms with Crippen molar-refractivity contribution in [1.29, 1.82) is 0 Å². The summed E-state index contributed by atoms with van der Waals surface area (Å²) < 4.78 is 29.4. The molecule has 0 bridgehead atoms. The molecule has 0 amide bonds. The molecule has 1 N–H and O–H groups in total. The van der Waals surface area contributed by atoms with Crippen LogP contribution in [0.2, 0.25) is 0 Å². The van der Waals surface area contributed by atoms with Crippen LogP contribution in [0, 0.1) is 6.92 Å². The van der Waals surface area contributed by atoms with E-state index in [4.69, 9.17) is 0 Å². The summed E-state index contributed by atoms with van der Waals surface area (Å²) in [6.45, 7) is 1.51. The monoisotopic (exact) mass is 231 g/mol. The maximum Gasteiger partial charge on any atom is 0.311 e. The van der Waals surface area contributed by atoms with Crippen LogP contribution in [-0.4, -0.2) is 23.2 Å². The summed E-state index contributed by atoms with van der Waals surface area (Å²) in [7, 11) is 1.17. The van der Waals surface area contributed by atoms with E-state index < -0.39 is 23.7 Å². The molecule has 1 heterocycles. The Bertz CT molecular complexity index is 407. The van der Waals surface area contributed by atoms with Crippen molar-refractivity contribution >= 4 is 5.97 Å². The Morgan fingerprint density at radius 3 is 2.75 bits per heavy atom. The zero-order valence-electron chi connectivity index (χ0n) is 8.83. The molecule has 6 heteroatoms. The predicted octanol–water partition coefficient (Wildman–Crippen LogP) is 1.75. The highest BCUT2D eigenvalue weighted by Gasteiger charge is 2.19. The molecule has 16 heavy (non-hydrogen) atoms. The number of hydrogen-bond donors (Lipinski definition) is 1. The molecular weight excluding hydrogens is 220 g/mol. The van der Waals surface area contributed by atoms with Crippen molar-refractivity contribution < 1.29 is 23.4 Å². The van der Waals surface area contributed by atoms with Crippen LogP contribution in [0.25, 0.3) is 0 Å². The third-order valence-corrected chi connectivity index (χ3v) is 2.00. The van der Waals surface area contributed by atoms with E-state index in [1.165, 1.54) is 14.0 Å². The van der Waals surface area contributed by atoms with E-state index in [1.807, 2.05) is 0 Å². The fraction of sp³-hybridized carbons (Fsp3) is 0.400. The molecule has 1 aromatic heterocycles. The summed E-state index contributed by atoms with van der Waals surface area (Å²) in [6, 6.07) is 1.08. The minimum Gasteiger partial charge on any atom is -0.506 e. The van der Waals surface area contributed by atoms with Gasteiger partial charge in [0.2, 0.25) is 0 Å². The smallest absolute Gasteiger partial charge is 0.311 e. The predicted molar refractivity (Wildman–Crippen MR) is 51.3 cm³/mol. The zero-order chi connectivity index (χ0) is 12.3. The number of esters is 1. The number of ether oxygens (including phenoxy) is 1. The third kappa shape index (κ3) is 2.65. The molecule has 0 radical (unpaired) electrons. The van der Waals surface area contributed by atoms with Crippen molar-refractivity contribution in [3.8, 4) is 5.75 Å². The third-order valence-electron chi connectivity index (χ3n) is 2.00. The van der Waals surface area contributed by atoms with Crippen molar-refractivity contribution in [3.63, 3.8) is 0 Å². The quantitative estimate of drug-likeness (QED) is 0.805. The molecule has 4 nitrogen and oxygen atoms in total. The molecule has 0 atom stereocenters. The summed E-state index contributed by atoms with van der Waals surface area (Å²) in [4.78, 5) is 14.8. The van der Waals surface area contributed by atoms with Gasteiger partial charge in [-0.15, -0.1) is 0 Å². The highest BCUT2D eigenvalue weighted by atomic mass is 19.3. The van der Waals surface area contributed by atoms with Gasteiger partial charge < -0.3 is 9.84 Å². The molecule has 0 fully saturated rings. The zero-order valence-corrected chi connectivity index (χ0v) is 8.83. The number of carbonyl (C=O) groups excluding carboxylic acids is 1. The minimum atomic E-state index is -2.81. The highest BCUT2D eigenvalue weighted by Crippen LogP contribution is 2.31. The van der Waals surface area contributed by atoms with Gasteiger partial charge >= 0.3 is 5.97 Å². The molecule has 0 aromatic carbocycles. The van der Waals surface area contributed by atoms with Gasteiger partial charge in [0.1, 0.15) is 5.75 Å². The van der Waals surface area contributed by atoms with Crippen molar-refractivity contribution in [2.75, 3.05) is 7.11 Å². The number of alkyl halides is 2. The second-order valence-electron chi connectivity index (χ2n) is 3.20. The average Bonchev–Trinajstić information content (AvgIpc) is 2.22. The summed E-state index contributed by atoms with van der Waals surface area (Å²) in [5.74, 6) is -1.29. The van der Waals surface area contributed by atoms with Crippen LogP contribution < -0.4 is 0 Å². The fourth-order valence-corrected chi connectivity index (χ4v) is 1.26. The van der Waals surface area contributed by atoms with E-state index in [9.17, 15) is 18.7 Å². The van der Waals surface area contributed by atoms with Gasteiger partial charge in [-0.05, 0) is 13.0 Å². The SMILES string of the molecule is COC(=O)Cc1nc(C)cc(C(F)F)c1O. The van der Waals surface area contributed by atoms with Gasteiger partial charge in [-0.3, -0.25) is 9.78 Å². The fourth-order valence-electron chi connectivity index (χ4n) is 1.26. The lowest BCUT2D eigenvalue weighted by Gasteiger charge is -2.09. The van der Waals surface area contributed by atoms with Gasteiger partial charge in [0.15, 0.2) is 0 Å². The molecule has 0 unspecified atom stereocenters. The molecule has 0 aliphatic heterocycles. The lowest BCUT2D eigenvalue weighted by atomic mass is 10.1. The van der Waals surface area contributed by atoms with Crippen molar-refractivity contribution in [2.45, 2.75) is 19.8 Å². The largest absolute Gasteiger partial charge is 0.506 e. The number of aromatic nitrogens is 1. The number of aryl methyl sites for hydroxylation is 1. The van der Waals surface area contributed by atoms with Crippen LogP contribution in [0.5, 0.6) is 5.75 Å². The molecule has 0 aliphatic rings. The van der Waals surface area contributed by atoms with Gasteiger partial charge in [-0.1, -0.05) is 0 Å². The Labute approximate surface area is 90.9 Å². The Kier molecular flexibility index (Phi) is 3.76. The number of carbonyl (C=O) groups is 1. The van der Waals surface area contributed by atoms with E-state index in [1.54, 1.807) is 0 Å². The van der Waals surface area contributed by atoms with Gasteiger partial charge in [-0.2, -0.15) is 0 Å². The summed E-state index contributed by atoms with van der Waals surface area (Å²) in [5.41, 5.74) is -0.305. The van der Waals surface area contributed by atoms with E-state index in [0.717, 1.165) is 6.07 Å². The molecule has 1 rings (SSSR count). The second-order valence-corrected chi connectivity index (χ2v) is 3.20. The van der Waals surface area contributed by atoms with E-state index in [2.05, 4.69) is 9.72 Å². The van der Waals surface area contributed by atoms with Crippen LogP contribution in [0.4, 0.5) is 8.78 Å². The van der Waals surface area contributed by atoms with Gasteiger partial charge in [0.25, 0.3) is 6.43 Å². The number of pyridine rings is 1. The van der Waals surface area contributed by atoms with Gasteiger partial charge in [-0.25, -0.2) is 8.78 Å². The summed E-state index contributed by atoms with van der Waals surface area (Å²) >= 11 is 0. The van der Waals surface area contributed by atoms with E-state index >= 15 is 0 Å². The first-order valence-corrected chi connectivity index (χ1v) is 4.50. The first-order valence-electron chi connectivity index (χ1n) is 4.50. The summed E-state index contributed by atoms with van der Waals surface area (Å²) in [5, 5.41) is 9.48. The number of rotatable bonds is 3. The number of nitrogens with zero attached hydrogens (tertiary/aromatic N) is 1. The van der Waals surface area contributed by atoms with Crippen molar-refractivity contribution in [1.82, 2.24) is 4.98 Å². The molecule has 0 saturated heterocycles. The molecule has 88 valence electrons. The molecule has 1 aromatic rings. The molecule has 0 aliphatic carbocycles. The lowest BCUT2D eigenvalue weighted by molar-refractivity contribution is -0.139. The van der Waals surface area contributed by atoms with Crippen molar-refractivity contribution in [2.24, 2.45) is 0 Å². The molecule has 0 saturated carbocycles. The standard InChI is InChI=1S/C10H11F2NO3/c1-5-3-6(10(11)12)9(15)7(13-5)4-8(14)16-2/h3,10,15H,4H2,1-2H3. The van der Waals surface area contributed by atoms with Crippen LogP contribution in [-0.2, 0) is 16.0 Å². The van der Waals surface area contributed by atoms with Gasteiger partial charge in [0.05, 0.1) is 24.8 Å². The molecule has 0 spiro atoms. The second kappa shape index (κ2) is 4.87. The van der Waals surface area contributed by atoms with Crippen LogP contribution in [0.15, 0.2) is 6.07 Å². The van der Waals surface area contributed by atoms with E-state index in [0.29, 0.717) is 5.69 Å². The highest BCUT2D eigenvalue weighted by molar-refractivity contribution is 5.72. The van der Waals surface area contributed by atoms with E-state index in [-0.39, 0.29) is 12.1 Å². The van der Waals surface area contributed by atoms with Crippen LogP contribution in [0.3, 0.4) is 0 Å². The first kappa shape index (κ1) is 12.4. The minimum absolute atomic E-state index is 0.0952. The Morgan fingerprint density at radius 2 is 2.25 bits per heavy atom. The topological polar surface area (TPSA) is 59.4 Å². The normalized spacial score (nSPS) is 10.6. The lowest BCUT2D eigenvalue weighted by Crippen LogP contribution is -2.08. The van der Waals surface area contributed by atoms with Gasteiger partial charge in [0, 0.05) is 5.69 Å². The number of methoxy groups -OCH3 is 1. The summed E-state index contributed by atoms with van der Waals surface area (Å²) in [6.07, 6.45) is -3.14.